The van der Waals surface area contributed by atoms with Crippen LogP contribution >= 0.6 is 11.6 Å². The van der Waals surface area contributed by atoms with E-state index >= 15 is 4.39 Å². The average molecular weight is 419 g/mol. The zero-order valence-electron chi connectivity index (χ0n) is 15.4. The van der Waals surface area contributed by atoms with Crippen molar-refractivity contribution in [3.63, 3.8) is 0 Å². The number of benzene rings is 2. The molecule has 2 atom stereocenters. The number of aromatic hydroxyl groups is 1. The molecule has 3 aromatic rings. The molecule has 2 aromatic carbocycles. The van der Waals surface area contributed by atoms with E-state index in [1.165, 1.54) is 18.5 Å². The lowest BCUT2D eigenvalue weighted by Gasteiger charge is -2.38. The first-order valence-corrected chi connectivity index (χ1v) is 9.61. The van der Waals surface area contributed by atoms with Gasteiger partial charge < -0.3 is 20.1 Å². The number of hydrogen-bond donors (Lipinski definition) is 2. The van der Waals surface area contributed by atoms with E-state index in [9.17, 15) is 9.50 Å². The number of fused-ring (bicyclic) bond motifs is 2. The summed E-state index contributed by atoms with van der Waals surface area (Å²) in [6, 6.07) is 3.93. The van der Waals surface area contributed by atoms with Gasteiger partial charge in [0.05, 0.1) is 22.0 Å². The smallest absolute Gasteiger partial charge is 0.159 e. The van der Waals surface area contributed by atoms with Crippen molar-refractivity contribution in [3.05, 3.63) is 41.2 Å². The molecule has 2 aliphatic heterocycles. The van der Waals surface area contributed by atoms with Crippen molar-refractivity contribution in [1.29, 1.82) is 0 Å². The van der Waals surface area contributed by atoms with Crippen LogP contribution in [0, 0.1) is 11.6 Å². The number of ether oxygens (including phenoxy) is 1. The first-order chi connectivity index (χ1) is 14.0. The van der Waals surface area contributed by atoms with Crippen LogP contribution in [0.1, 0.15) is 6.92 Å². The number of nitrogens with zero attached hydrogens (tertiary/aromatic N) is 3. The van der Waals surface area contributed by atoms with E-state index in [1.807, 2.05) is 0 Å². The van der Waals surface area contributed by atoms with Gasteiger partial charge in [-0.25, -0.2) is 18.7 Å². The van der Waals surface area contributed by atoms with Crippen molar-refractivity contribution in [1.82, 2.24) is 15.3 Å². The first-order valence-electron chi connectivity index (χ1n) is 9.23. The van der Waals surface area contributed by atoms with Gasteiger partial charge in [0.2, 0.25) is 0 Å². The molecular weight excluding hydrogens is 402 g/mol. The molecular formula is C20H17ClF2N4O2. The molecule has 5 rings (SSSR count). The third kappa shape index (κ3) is 2.70. The highest BCUT2D eigenvalue weighted by atomic mass is 35.5. The van der Waals surface area contributed by atoms with Gasteiger partial charge in [0.25, 0.3) is 0 Å². The van der Waals surface area contributed by atoms with E-state index in [-0.39, 0.29) is 39.5 Å². The fourth-order valence-electron chi connectivity index (χ4n) is 4.07. The van der Waals surface area contributed by atoms with Crippen molar-refractivity contribution in [2.75, 3.05) is 24.6 Å². The lowest BCUT2D eigenvalue weighted by molar-refractivity contribution is 0.263. The number of aromatic nitrogens is 2. The summed E-state index contributed by atoms with van der Waals surface area (Å²) in [5.74, 6) is -1.32. The number of halogens is 3. The first kappa shape index (κ1) is 18.3. The van der Waals surface area contributed by atoms with Gasteiger partial charge in [0, 0.05) is 24.7 Å². The molecule has 0 spiro atoms. The van der Waals surface area contributed by atoms with Crippen LogP contribution in [0.15, 0.2) is 24.5 Å². The molecule has 0 unspecified atom stereocenters. The number of anilines is 1. The molecule has 1 fully saturated rings. The van der Waals surface area contributed by atoms with Crippen molar-refractivity contribution in [2.45, 2.75) is 19.0 Å². The summed E-state index contributed by atoms with van der Waals surface area (Å²) in [7, 11) is 0. The second-order valence-electron chi connectivity index (χ2n) is 7.31. The van der Waals surface area contributed by atoms with Crippen molar-refractivity contribution >= 4 is 28.3 Å². The molecule has 150 valence electrons. The summed E-state index contributed by atoms with van der Waals surface area (Å²) >= 11 is 6.54. The molecule has 6 nitrogen and oxygen atoms in total. The Morgan fingerprint density at radius 2 is 2.10 bits per heavy atom. The molecule has 0 aliphatic carbocycles. The molecule has 1 aromatic heterocycles. The summed E-state index contributed by atoms with van der Waals surface area (Å²) in [6.07, 6.45) is 1.28. The van der Waals surface area contributed by atoms with E-state index in [0.29, 0.717) is 30.9 Å². The van der Waals surface area contributed by atoms with Crippen molar-refractivity contribution in [3.8, 4) is 22.6 Å². The molecule has 29 heavy (non-hydrogen) atoms. The predicted octanol–water partition coefficient (Wildman–Crippen LogP) is 3.49. The molecule has 0 bridgehead atoms. The Balaban J connectivity index is 1.83. The maximum Gasteiger partial charge on any atom is 0.159 e. The lowest BCUT2D eigenvalue weighted by atomic mass is 10.00. The number of hydrogen-bond acceptors (Lipinski definition) is 6. The summed E-state index contributed by atoms with van der Waals surface area (Å²) in [5.41, 5.74) is -0.631. The molecule has 0 saturated carbocycles. The Labute approximate surface area is 170 Å². The highest BCUT2D eigenvalue weighted by Crippen LogP contribution is 2.49. The summed E-state index contributed by atoms with van der Waals surface area (Å²) < 4.78 is 36.1. The van der Waals surface area contributed by atoms with E-state index in [2.05, 4.69) is 27.1 Å². The zero-order valence-corrected chi connectivity index (χ0v) is 16.2. The summed E-state index contributed by atoms with van der Waals surface area (Å²) in [6.45, 7) is 3.68. The van der Waals surface area contributed by atoms with Crippen LogP contribution < -0.4 is 15.0 Å². The van der Waals surface area contributed by atoms with Crippen molar-refractivity contribution in [2.24, 2.45) is 0 Å². The zero-order chi connectivity index (χ0) is 20.3. The Hall–Kier alpha value is -2.71. The van der Waals surface area contributed by atoms with E-state index in [0.717, 1.165) is 6.07 Å². The average Bonchev–Trinajstić information content (AvgIpc) is 2.86. The van der Waals surface area contributed by atoms with Crippen LogP contribution in [0.25, 0.3) is 22.0 Å². The molecule has 9 heteroatoms. The number of phenols is 1. The van der Waals surface area contributed by atoms with Crippen LogP contribution in [0.2, 0.25) is 5.02 Å². The lowest BCUT2D eigenvalue weighted by Crippen LogP contribution is -2.57. The minimum absolute atomic E-state index is 0.0267. The Morgan fingerprint density at radius 3 is 2.90 bits per heavy atom. The van der Waals surface area contributed by atoms with E-state index in [4.69, 9.17) is 16.3 Å². The minimum atomic E-state index is -0.831. The molecule has 2 aliphatic rings. The maximum atomic E-state index is 15.6. The van der Waals surface area contributed by atoms with Gasteiger partial charge >= 0.3 is 0 Å². The van der Waals surface area contributed by atoms with Crippen LogP contribution in [0.4, 0.5) is 14.6 Å². The highest BCUT2D eigenvalue weighted by Gasteiger charge is 2.35. The fraction of sp³-hybridized carbons (Fsp3) is 0.300. The van der Waals surface area contributed by atoms with E-state index in [1.54, 1.807) is 0 Å². The van der Waals surface area contributed by atoms with Gasteiger partial charge in [-0.2, -0.15) is 0 Å². The minimum Gasteiger partial charge on any atom is -0.507 e. The van der Waals surface area contributed by atoms with Gasteiger partial charge in [0.15, 0.2) is 11.6 Å². The normalized spacial score (nSPS) is 20.9. The van der Waals surface area contributed by atoms with Crippen molar-refractivity contribution < 1.29 is 18.6 Å². The molecule has 0 radical (unpaired) electrons. The monoisotopic (exact) mass is 418 g/mol. The van der Waals surface area contributed by atoms with Gasteiger partial charge in [-0.3, -0.25) is 0 Å². The molecule has 1 saturated heterocycles. The quantitative estimate of drug-likeness (QED) is 0.630. The number of nitrogens with one attached hydrogen (secondary N) is 1. The van der Waals surface area contributed by atoms with Crippen LogP contribution in [-0.4, -0.2) is 46.9 Å². The van der Waals surface area contributed by atoms with Crippen LogP contribution in [0.3, 0.4) is 0 Å². The highest BCUT2D eigenvalue weighted by molar-refractivity contribution is 6.36. The third-order valence-corrected chi connectivity index (χ3v) is 5.81. The Morgan fingerprint density at radius 1 is 1.28 bits per heavy atom. The number of phenolic OH excluding ortho intramolecular Hbond substituents is 1. The van der Waals surface area contributed by atoms with Crippen LogP contribution in [0.5, 0.6) is 11.5 Å². The van der Waals surface area contributed by atoms with Gasteiger partial charge in [-0.1, -0.05) is 17.7 Å². The topological polar surface area (TPSA) is 70.5 Å². The molecule has 2 N–H and O–H groups in total. The number of piperazine rings is 1. The fourth-order valence-corrected chi connectivity index (χ4v) is 4.39. The molecule has 3 heterocycles. The summed E-state index contributed by atoms with van der Waals surface area (Å²) in [5, 5.41) is 13.8. The van der Waals surface area contributed by atoms with Gasteiger partial charge in [-0.05, 0) is 19.1 Å². The number of rotatable bonds is 1. The van der Waals surface area contributed by atoms with Gasteiger partial charge in [-0.15, -0.1) is 0 Å². The van der Waals surface area contributed by atoms with E-state index < -0.39 is 17.4 Å². The Kier molecular flexibility index (Phi) is 4.22. The van der Waals surface area contributed by atoms with Gasteiger partial charge in [0.1, 0.15) is 35.8 Å². The van der Waals surface area contributed by atoms with Crippen LogP contribution in [-0.2, 0) is 0 Å². The SMILES string of the molecule is C[C@H]1CN2c3ncnc4c(F)c(-c5c(O)cccc5F)c(Cl)c(c34)OC[C@@H]2CN1. The summed E-state index contributed by atoms with van der Waals surface area (Å²) in [4.78, 5) is 10.6. The third-order valence-electron chi connectivity index (χ3n) is 5.45. The predicted molar refractivity (Wildman–Crippen MR) is 106 cm³/mol. The maximum absolute atomic E-state index is 15.6. The second-order valence-corrected chi connectivity index (χ2v) is 7.69. The standard InChI is InChI=1S/C20H17ClF2N4O2/c1-9-6-27-10(5-24-9)7-29-19-15-18(25-8-26-20(15)27)17(23)14(16(19)21)13-11(22)3-2-4-12(13)28/h2-4,8-10,24,28H,5-7H2,1H3/t9-,10-/m0/s1. The molecule has 0 amide bonds. The Bertz CT molecular complexity index is 1120. The largest absolute Gasteiger partial charge is 0.507 e. The second kappa shape index (κ2) is 6.67.